The van der Waals surface area contributed by atoms with Gasteiger partial charge in [0.15, 0.2) is 0 Å². The van der Waals surface area contributed by atoms with E-state index >= 15 is 0 Å². The highest BCUT2D eigenvalue weighted by atomic mass is 32.2. The Bertz CT molecular complexity index is 971. The van der Waals surface area contributed by atoms with Crippen molar-refractivity contribution in [1.82, 2.24) is 5.32 Å². The Balaban J connectivity index is 1.83. The zero-order valence-electron chi connectivity index (χ0n) is 14.5. The number of hydrogen-bond donors (Lipinski definition) is 1. The molecule has 5 heteroatoms. The monoisotopic (exact) mass is 369 g/mol. The Labute approximate surface area is 154 Å². The molecule has 0 aliphatic rings. The van der Waals surface area contributed by atoms with Crippen LogP contribution in [-0.4, -0.2) is 16.7 Å². The maximum Gasteiger partial charge on any atom is 0.216 e. The van der Waals surface area contributed by atoms with E-state index in [4.69, 9.17) is 0 Å². The number of hydrogen-bond acceptors (Lipinski definition) is 2. The molecule has 0 heterocycles. The largest absolute Gasteiger partial charge is 0.356 e. The molecular weight excluding hydrogens is 349 g/mol. The molecule has 3 aromatic carbocycles. The minimum absolute atomic E-state index is 0.0209. The molecule has 3 rings (SSSR count). The molecule has 134 valence electrons. The quantitative estimate of drug-likeness (QED) is 0.662. The molecule has 1 N–H and O–H groups in total. The Morgan fingerprint density at radius 2 is 1.81 bits per heavy atom. The van der Waals surface area contributed by atoms with E-state index < -0.39 is 16.6 Å². The van der Waals surface area contributed by atoms with Gasteiger partial charge in [0.05, 0.1) is 10.8 Å². The lowest BCUT2D eigenvalue weighted by molar-refractivity contribution is -0.118. The van der Waals surface area contributed by atoms with Crippen LogP contribution in [0.1, 0.15) is 18.9 Å². The maximum atomic E-state index is 13.4. The van der Waals surface area contributed by atoms with Crippen molar-refractivity contribution in [3.8, 4) is 0 Å². The highest BCUT2D eigenvalue weighted by molar-refractivity contribution is 7.85. The van der Waals surface area contributed by atoms with Crippen LogP contribution < -0.4 is 5.32 Å². The van der Waals surface area contributed by atoms with Crippen molar-refractivity contribution < 1.29 is 13.4 Å². The molecule has 0 fully saturated rings. The fraction of sp³-hybridized carbons (Fsp3) is 0.190. The summed E-state index contributed by atoms with van der Waals surface area (Å²) in [4.78, 5) is 12.0. The van der Waals surface area contributed by atoms with Gasteiger partial charge in [0.1, 0.15) is 5.82 Å². The molecule has 0 saturated heterocycles. The molecule has 0 aliphatic heterocycles. The van der Waals surface area contributed by atoms with E-state index in [-0.39, 0.29) is 5.91 Å². The summed E-state index contributed by atoms with van der Waals surface area (Å²) >= 11 is 0. The van der Waals surface area contributed by atoms with E-state index in [0.717, 1.165) is 23.6 Å². The molecule has 0 bridgehead atoms. The predicted molar refractivity (Wildman–Crippen MR) is 102 cm³/mol. The highest BCUT2D eigenvalue weighted by Crippen LogP contribution is 2.25. The summed E-state index contributed by atoms with van der Waals surface area (Å²) in [6.45, 7) is 2.16. The average Bonchev–Trinajstić information content (AvgIpc) is 2.64. The van der Waals surface area contributed by atoms with Crippen molar-refractivity contribution in [2.45, 2.75) is 29.6 Å². The summed E-state index contributed by atoms with van der Waals surface area (Å²) < 4.78 is 26.1. The smallest absolute Gasteiger partial charge is 0.216 e. The third-order valence-electron chi connectivity index (χ3n) is 4.16. The lowest BCUT2D eigenvalue weighted by atomic mass is 10.0. The molecule has 1 unspecified atom stereocenters. The lowest BCUT2D eigenvalue weighted by Gasteiger charge is -2.09. The number of fused-ring (bicyclic) bond motifs is 1. The van der Waals surface area contributed by atoms with Gasteiger partial charge in [-0.1, -0.05) is 30.3 Å². The van der Waals surface area contributed by atoms with Crippen LogP contribution in [0.3, 0.4) is 0 Å². The van der Waals surface area contributed by atoms with Gasteiger partial charge in [0.2, 0.25) is 5.91 Å². The van der Waals surface area contributed by atoms with E-state index in [1.807, 2.05) is 30.3 Å². The molecule has 3 nitrogen and oxygen atoms in total. The SMILES string of the molecule is CC(=O)NCCCc1cccc2cc(S(=O)c3cccc(F)c3)ccc12. The number of carbonyl (C=O) groups excluding carboxylic acids is 1. The fourth-order valence-corrected chi connectivity index (χ4v) is 4.04. The van der Waals surface area contributed by atoms with Crippen LogP contribution in [0.4, 0.5) is 4.39 Å². The topological polar surface area (TPSA) is 46.2 Å². The molecule has 3 aromatic rings. The first-order valence-corrected chi connectivity index (χ1v) is 9.63. The van der Waals surface area contributed by atoms with E-state index in [2.05, 4.69) is 11.4 Å². The minimum atomic E-state index is -1.42. The third kappa shape index (κ3) is 4.35. The molecule has 0 spiro atoms. The number of nitrogens with one attached hydrogen (secondary N) is 1. The number of carbonyl (C=O) groups is 1. The second-order valence-corrected chi connectivity index (χ2v) is 7.59. The minimum Gasteiger partial charge on any atom is -0.356 e. The van der Waals surface area contributed by atoms with Gasteiger partial charge in [-0.15, -0.1) is 0 Å². The van der Waals surface area contributed by atoms with Crippen molar-refractivity contribution in [3.05, 3.63) is 72.0 Å². The molecule has 26 heavy (non-hydrogen) atoms. The summed E-state index contributed by atoms with van der Waals surface area (Å²) in [6, 6.07) is 17.6. The second kappa shape index (κ2) is 8.23. The number of amides is 1. The van der Waals surface area contributed by atoms with Crippen molar-refractivity contribution in [3.63, 3.8) is 0 Å². The molecular formula is C21H20FNO2S. The first-order chi connectivity index (χ1) is 12.5. The Morgan fingerprint density at radius 3 is 2.58 bits per heavy atom. The van der Waals surface area contributed by atoms with Gasteiger partial charge in [-0.3, -0.25) is 4.79 Å². The van der Waals surface area contributed by atoms with Crippen molar-refractivity contribution in [2.75, 3.05) is 6.54 Å². The first kappa shape index (κ1) is 18.3. The van der Waals surface area contributed by atoms with Crippen molar-refractivity contribution in [1.29, 1.82) is 0 Å². The highest BCUT2D eigenvalue weighted by Gasteiger charge is 2.10. The summed E-state index contributed by atoms with van der Waals surface area (Å²) in [7, 11) is -1.42. The number of benzene rings is 3. The molecule has 1 atom stereocenters. The standard InChI is InChI=1S/C21H20FNO2S/c1-15(24)23-12-4-7-16-5-2-6-17-13-20(10-11-21(16)17)26(25)19-9-3-8-18(22)14-19/h2-3,5-6,8-11,13-14H,4,7,12H2,1H3,(H,23,24). The molecule has 1 amide bonds. The Kier molecular flexibility index (Phi) is 5.78. The fourth-order valence-electron chi connectivity index (χ4n) is 2.92. The lowest BCUT2D eigenvalue weighted by Crippen LogP contribution is -2.21. The van der Waals surface area contributed by atoms with Crippen LogP contribution in [0.15, 0.2) is 70.5 Å². The maximum absolute atomic E-state index is 13.4. The van der Waals surface area contributed by atoms with Gasteiger partial charge in [0, 0.05) is 23.3 Å². The van der Waals surface area contributed by atoms with Crippen molar-refractivity contribution >= 4 is 27.5 Å². The number of aryl methyl sites for hydroxylation is 1. The summed E-state index contributed by atoms with van der Waals surface area (Å²) in [6.07, 6.45) is 1.71. The van der Waals surface area contributed by atoms with Gasteiger partial charge in [-0.2, -0.15) is 0 Å². The number of rotatable bonds is 6. The molecule has 0 aliphatic carbocycles. The van der Waals surface area contributed by atoms with E-state index in [1.165, 1.54) is 24.6 Å². The van der Waals surface area contributed by atoms with Gasteiger partial charge < -0.3 is 5.32 Å². The van der Waals surface area contributed by atoms with E-state index in [9.17, 15) is 13.4 Å². The van der Waals surface area contributed by atoms with Gasteiger partial charge in [-0.25, -0.2) is 8.60 Å². The predicted octanol–water partition coefficient (Wildman–Crippen LogP) is 4.21. The number of halogens is 1. The van der Waals surface area contributed by atoms with Gasteiger partial charge in [0.25, 0.3) is 0 Å². The molecule has 0 saturated carbocycles. The molecule has 0 aromatic heterocycles. The van der Waals surface area contributed by atoms with Crippen LogP contribution in [0.5, 0.6) is 0 Å². The normalized spacial score (nSPS) is 12.1. The zero-order chi connectivity index (χ0) is 18.5. The van der Waals surface area contributed by atoms with Crippen LogP contribution in [0, 0.1) is 5.82 Å². The zero-order valence-corrected chi connectivity index (χ0v) is 15.3. The van der Waals surface area contributed by atoms with E-state index in [1.54, 1.807) is 12.1 Å². The van der Waals surface area contributed by atoms with Crippen LogP contribution in [-0.2, 0) is 22.0 Å². The third-order valence-corrected chi connectivity index (χ3v) is 5.53. The summed E-state index contributed by atoms with van der Waals surface area (Å²) in [5, 5.41) is 4.91. The summed E-state index contributed by atoms with van der Waals surface area (Å²) in [5.41, 5.74) is 1.19. The molecule has 0 radical (unpaired) electrons. The second-order valence-electron chi connectivity index (χ2n) is 6.11. The van der Waals surface area contributed by atoms with Crippen LogP contribution >= 0.6 is 0 Å². The Hall–Kier alpha value is -2.53. The Morgan fingerprint density at radius 1 is 1.04 bits per heavy atom. The first-order valence-electron chi connectivity index (χ1n) is 8.48. The van der Waals surface area contributed by atoms with Gasteiger partial charge >= 0.3 is 0 Å². The van der Waals surface area contributed by atoms with Crippen LogP contribution in [0.25, 0.3) is 10.8 Å². The van der Waals surface area contributed by atoms with Crippen LogP contribution in [0.2, 0.25) is 0 Å². The summed E-state index contributed by atoms with van der Waals surface area (Å²) in [5.74, 6) is -0.412. The van der Waals surface area contributed by atoms with E-state index in [0.29, 0.717) is 16.3 Å². The van der Waals surface area contributed by atoms with Gasteiger partial charge in [-0.05, 0) is 59.5 Å². The van der Waals surface area contributed by atoms with Crippen molar-refractivity contribution in [2.24, 2.45) is 0 Å². The average molecular weight is 369 g/mol.